The lowest BCUT2D eigenvalue weighted by atomic mass is 9.79. The Morgan fingerprint density at radius 2 is 0.800 bits per heavy atom. The second kappa shape index (κ2) is 6.88. The summed E-state index contributed by atoms with van der Waals surface area (Å²) in [6.07, 6.45) is 0. The van der Waals surface area contributed by atoms with Crippen LogP contribution in [0.3, 0.4) is 0 Å². The number of aryl methyl sites for hydroxylation is 6. The topological polar surface area (TPSA) is 0 Å². The predicted molar refractivity (Wildman–Crippen MR) is 109 cm³/mol. The third kappa shape index (κ3) is 3.54. The molecule has 0 aliphatic rings. The summed E-state index contributed by atoms with van der Waals surface area (Å²) in [4.78, 5) is 0. The maximum atomic E-state index is 9.78. The minimum Gasteiger partial charge on any atom is -0.0590 e. The van der Waals surface area contributed by atoms with E-state index in [0.717, 1.165) is 16.7 Å². The fourth-order valence-corrected chi connectivity index (χ4v) is 3.72. The highest BCUT2D eigenvalue weighted by atomic mass is 14.3. The highest BCUT2D eigenvalue weighted by Crippen LogP contribution is 2.37. The third-order valence-corrected chi connectivity index (χ3v) is 4.95. The summed E-state index contributed by atoms with van der Waals surface area (Å²) < 4.78 is 9.78. The van der Waals surface area contributed by atoms with Crippen molar-refractivity contribution in [1.82, 2.24) is 0 Å². The molecular formula is C25H28. The molecule has 0 aliphatic heterocycles. The second-order valence-corrected chi connectivity index (χ2v) is 7.33. The van der Waals surface area contributed by atoms with Gasteiger partial charge in [0.05, 0.1) is 0 Å². The first-order chi connectivity index (χ1) is 12.2. The summed E-state index contributed by atoms with van der Waals surface area (Å²) in [5.74, 6) is -0.923. The van der Waals surface area contributed by atoms with Gasteiger partial charge in [0, 0.05) is 7.26 Å². The van der Waals surface area contributed by atoms with Crippen LogP contribution in [0.25, 0.3) is 0 Å². The summed E-state index contributed by atoms with van der Waals surface area (Å²) in [6.45, 7) is 12.7. The molecule has 0 atom stereocenters. The van der Waals surface area contributed by atoms with Crippen LogP contribution in [-0.2, 0) is 0 Å². The zero-order chi connectivity index (χ0) is 19.1. The highest BCUT2D eigenvalue weighted by molar-refractivity contribution is 5.52. The molecular weight excluding hydrogens is 300 g/mol. The van der Waals surface area contributed by atoms with Gasteiger partial charge in [-0.15, -0.1) is 0 Å². The van der Waals surface area contributed by atoms with Crippen LogP contribution in [0.5, 0.6) is 0 Å². The lowest BCUT2D eigenvalue weighted by molar-refractivity contribution is 0.933. The number of benzene rings is 3. The zero-order valence-corrected chi connectivity index (χ0v) is 16.2. The average molecular weight is 330 g/mol. The Morgan fingerprint density at radius 3 is 1.04 bits per heavy atom. The third-order valence-electron chi connectivity index (χ3n) is 4.95. The minimum absolute atomic E-state index is 0.923. The monoisotopic (exact) mass is 329 g/mol. The first kappa shape index (κ1) is 16.1. The van der Waals surface area contributed by atoms with Gasteiger partial charge in [-0.05, 0) is 74.9 Å². The van der Waals surface area contributed by atoms with E-state index in [4.69, 9.17) is 0 Å². The molecule has 128 valence electrons. The van der Waals surface area contributed by atoms with E-state index in [2.05, 4.69) is 96.1 Å². The van der Waals surface area contributed by atoms with E-state index in [1.165, 1.54) is 33.4 Å². The van der Waals surface area contributed by atoms with Gasteiger partial charge in [-0.1, -0.05) is 71.3 Å². The summed E-state index contributed by atoms with van der Waals surface area (Å²) in [5, 5.41) is 0. The molecule has 0 amide bonds. The van der Waals surface area contributed by atoms with Crippen molar-refractivity contribution in [2.24, 2.45) is 0 Å². The summed E-state index contributed by atoms with van der Waals surface area (Å²) >= 11 is 0. The van der Waals surface area contributed by atoms with Gasteiger partial charge in [-0.2, -0.15) is 0 Å². The van der Waals surface area contributed by atoms with Gasteiger partial charge in [0.2, 0.25) is 0 Å². The minimum atomic E-state index is -0.923. The molecule has 0 saturated heterocycles. The van der Waals surface area contributed by atoms with Gasteiger partial charge in [-0.3, -0.25) is 0 Å². The maximum absolute atomic E-state index is 9.78. The molecule has 0 fully saturated rings. The molecule has 0 nitrogen and oxygen atoms in total. The lowest BCUT2D eigenvalue weighted by Crippen LogP contribution is -2.09. The number of rotatable bonds is 3. The molecule has 0 radical (unpaired) electrons. The fourth-order valence-electron chi connectivity index (χ4n) is 3.72. The number of hydrogen-bond acceptors (Lipinski definition) is 0. The number of hydrogen-bond donors (Lipinski definition) is 0. The van der Waals surface area contributed by atoms with Crippen molar-refractivity contribution in [2.75, 3.05) is 0 Å². The normalized spacial score (nSPS) is 12.2. The van der Waals surface area contributed by atoms with Gasteiger partial charge in [0.15, 0.2) is 0 Å². The zero-order valence-electron chi connectivity index (χ0n) is 17.2. The molecule has 0 N–H and O–H groups in total. The summed E-state index contributed by atoms with van der Waals surface area (Å²) in [5.41, 5.74) is 10.4. The van der Waals surface area contributed by atoms with Crippen LogP contribution in [0.2, 0.25) is 0 Å². The van der Waals surface area contributed by atoms with Gasteiger partial charge in [-0.25, -0.2) is 0 Å². The highest BCUT2D eigenvalue weighted by Gasteiger charge is 2.22. The molecule has 3 aromatic carbocycles. The maximum Gasteiger partial charge on any atom is 0.0453 e. The predicted octanol–water partition coefficient (Wildman–Crippen LogP) is 6.72. The Hall–Kier alpha value is -2.34. The van der Waals surface area contributed by atoms with Crippen LogP contribution in [0.4, 0.5) is 0 Å². The quantitative estimate of drug-likeness (QED) is 0.468. The van der Waals surface area contributed by atoms with Crippen LogP contribution < -0.4 is 0 Å². The van der Waals surface area contributed by atoms with E-state index < -0.39 is 5.89 Å². The largest absolute Gasteiger partial charge is 0.0590 e. The van der Waals surface area contributed by atoms with Crippen LogP contribution in [-0.4, -0.2) is 0 Å². The fraction of sp³-hybridized carbons (Fsp3) is 0.280. The van der Waals surface area contributed by atoms with Crippen molar-refractivity contribution in [3.8, 4) is 0 Å². The van der Waals surface area contributed by atoms with Crippen LogP contribution in [0.1, 0.15) is 57.3 Å². The Labute approximate surface area is 154 Å². The van der Waals surface area contributed by atoms with Crippen LogP contribution >= 0.6 is 0 Å². The van der Waals surface area contributed by atoms with Gasteiger partial charge in [0.25, 0.3) is 0 Å². The van der Waals surface area contributed by atoms with E-state index in [1.54, 1.807) is 0 Å². The molecule has 3 aromatic rings. The lowest BCUT2D eigenvalue weighted by Gasteiger charge is -2.25. The van der Waals surface area contributed by atoms with E-state index in [-0.39, 0.29) is 0 Å². The van der Waals surface area contributed by atoms with Crippen molar-refractivity contribution in [3.05, 3.63) is 105 Å². The molecule has 25 heavy (non-hydrogen) atoms. The molecule has 0 heteroatoms. The van der Waals surface area contributed by atoms with Crippen LogP contribution in [0.15, 0.2) is 54.6 Å². The Balaban J connectivity index is 2.38. The smallest absolute Gasteiger partial charge is 0.0453 e. The molecule has 0 aromatic heterocycles. The van der Waals surface area contributed by atoms with E-state index >= 15 is 0 Å². The van der Waals surface area contributed by atoms with Gasteiger partial charge >= 0.3 is 0 Å². The molecule has 0 unspecified atom stereocenters. The molecule has 0 spiro atoms. The van der Waals surface area contributed by atoms with E-state index in [9.17, 15) is 1.37 Å². The van der Waals surface area contributed by atoms with Crippen molar-refractivity contribution >= 4 is 0 Å². The summed E-state index contributed by atoms with van der Waals surface area (Å²) in [6, 6.07) is 19.3. The van der Waals surface area contributed by atoms with E-state index in [0.29, 0.717) is 0 Å². The Morgan fingerprint density at radius 1 is 0.520 bits per heavy atom. The molecule has 3 rings (SSSR count). The molecule has 0 saturated carbocycles. The van der Waals surface area contributed by atoms with E-state index in [1.807, 2.05) is 0 Å². The van der Waals surface area contributed by atoms with Gasteiger partial charge < -0.3 is 0 Å². The van der Waals surface area contributed by atoms with Crippen molar-refractivity contribution < 1.29 is 1.37 Å². The Bertz CT molecular complexity index is 841. The van der Waals surface area contributed by atoms with Crippen molar-refractivity contribution in [3.63, 3.8) is 0 Å². The molecule has 0 bridgehead atoms. The van der Waals surface area contributed by atoms with Crippen molar-refractivity contribution in [1.29, 1.82) is 0 Å². The second-order valence-electron chi connectivity index (χ2n) is 7.33. The molecule has 0 heterocycles. The van der Waals surface area contributed by atoms with Crippen molar-refractivity contribution in [2.45, 2.75) is 47.4 Å². The van der Waals surface area contributed by atoms with Gasteiger partial charge in [0.1, 0.15) is 0 Å². The summed E-state index contributed by atoms with van der Waals surface area (Å²) in [7, 11) is 0. The Kier molecular flexibility index (Phi) is 4.44. The standard InChI is InChI=1S/C25H28/c1-16-7-10-22(19(4)13-16)25(23-11-8-17(2)14-20(23)5)24-12-9-18(3)15-21(24)6/h7-15,25H,1-6H3/i25D. The SMILES string of the molecule is [2H]C(c1ccc(C)cc1C)(c1ccc(C)cc1C)c1ccc(C)cc1C. The molecule has 0 aliphatic carbocycles. The average Bonchev–Trinajstić information content (AvgIpc) is 2.54. The first-order valence-electron chi connectivity index (χ1n) is 9.46. The van der Waals surface area contributed by atoms with Crippen LogP contribution in [0, 0.1) is 41.5 Å². The first-order valence-corrected chi connectivity index (χ1v) is 8.96.